The Balaban J connectivity index is 1.33. The summed E-state index contributed by atoms with van der Waals surface area (Å²) in [5.74, 6) is 0.541. The van der Waals surface area contributed by atoms with E-state index in [0.717, 1.165) is 35.5 Å². The molecule has 1 fully saturated rings. The van der Waals surface area contributed by atoms with Crippen LogP contribution in [0.1, 0.15) is 24.8 Å². The highest BCUT2D eigenvalue weighted by molar-refractivity contribution is 8.00. The molecule has 0 spiro atoms. The molecular weight excluding hydrogens is 380 g/mol. The molecule has 2 amide bonds. The average molecular weight is 405 g/mol. The van der Waals surface area contributed by atoms with Gasteiger partial charge in [-0.2, -0.15) is 0 Å². The fraction of sp³-hybridized carbons (Fsp3) is 0.250. The summed E-state index contributed by atoms with van der Waals surface area (Å²) in [6.07, 6.45) is 2.69. The molecule has 1 heterocycles. The lowest BCUT2D eigenvalue weighted by molar-refractivity contribution is -0.133. The van der Waals surface area contributed by atoms with Crippen molar-refractivity contribution in [3.8, 4) is 0 Å². The van der Waals surface area contributed by atoms with Gasteiger partial charge in [-0.3, -0.25) is 9.59 Å². The number of rotatable bonds is 6. The zero-order chi connectivity index (χ0) is 20.1. The van der Waals surface area contributed by atoms with Crippen molar-refractivity contribution in [1.29, 1.82) is 0 Å². The monoisotopic (exact) mass is 404 g/mol. The van der Waals surface area contributed by atoms with Crippen LogP contribution in [0.2, 0.25) is 0 Å². The van der Waals surface area contributed by atoms with E-state index >= 15 is 0 Å². The largest absolute Gasteiger partial charge is 0.338 e. The van der Waals surface area contributed by atoms with Gasteiger partial charge in [0, 0.05) is 30.1 Å². The highest BCUT2D eigenvalue weighted by Crippen LogP contribution is 2.24. The minimum absolute atomic E-state index is 0.0330. The van der Waals surface area contributed by atoms with E-state index in [1.807, 2.05) is 41.3 Å². The molecule has 1 saturated heterocycles. The van der Waals surface area contributed by atoms with Crippen molar-refractivity contribution in [2.45, 2.75) is 30.7 Å². The van der Waals surface area contributed by atoms with Crippen LogP contribution in [0, 0.1) is 0 Å². The van der Waals surface area contributed by atoms with E-state index in [1.165, 1.54) is 22.5 Å². The first kappa shape index (κ1) is 19.5. The SMILES string of the molecule is O=C(CSc1ccc2ccccc2c1)Nc1cccc(CN2CCCCC2=O)c1. The van der Waals surface area contributed by atoms with Crippen LogP contribution in [0.5, 0.6) is 0 Å². The molecule has 148 valence electrons. The number of fused-ring (bicyclic) bond motifs is 1. The number of carbonyl (C=O) groups is 2. The zero-order valence-electron chi connectivity index (χ0n) is 16.3. The van der Waals surface area contributed by atoms with E-state index in [4.69, 9.17) is 0 Å². The molecular formula is C24H24N2O2S. The number of hydrogen-bond acceptors (Lipinski definition) is 3. The Labute approximate surface area is 175 Å². The third kappa shape index (κ3) is 5.18. The number of nitrogens with zero attached hydrogens (tertiary/aromatic N) is 1. The van der Waals surface area contributed by atoms with Gasteiger partial charge in [0.05, 0.1) is 5.75 Å². The molecule has 1 aliphatic rings. The summed E-state index contributed by atoms with van der Waals surface area (Å²) in [6.45, 7) is 1.42. The van der Waals surface area contributed by atoms with E-state index in [0.29, 0.717) is 18.7 Å². The molecule has 0 unspecified atom stereocenters. The van der Waals surface area contributed by atoms with Gasteiger partial charge in [-0.15, -0.1) is 11.8 Å². The van der Waals surface area contributed by atoms with Gasteiger partial charge in [-0.05, 0) is 53.4 Å². The Morgan fingerprint density at radius 3 is 2.69 bits per heavy atom. The molecule has 29 heavy (non-hydrogen) atoms. The van der Waals surface area contributed by atoms with E-state index in [2.05, 4.69) is 35.6 Å². The Morgan fingerprint density at radius 1 is 0.966 bits per heavy atom. The summed E-state index contributed by atoms with van der Waals surface area (Å²) in [4.78, 5) is 27.4. The number of nitrogens with one attached hydrogen (secondary N) is 1. The maximum absolute atomic E-state index is 12.4. The molecule has 5 heteroatoms. The summed E-state index contributed by atoms with van der Waals surface area (Å²) in [7, 11) is 0. The van der Waals surface area contributed by atoms with Crippen molar-refractivity contribution in [3.05, 3.63) is 72.3 Å². The van der Waals surface area contributed by atoms with Gasteiger partial charge in [0.2, 0.25) is 11.8 Å². The second kappa shape index (κ2) is 9.14. The summed E-state index contributed by atoms with van der Waals surface area (Å²) in [6, 6.07) is 22.2. The minimum atomic E-state index is -0.0330. The molecule has 3 aromatic carbocycles. The lowest BCUT2D eigenvalue weighted by atomic mass is 10.1. The molecule has 4 nitrogen and oxygen atoms in total. The predicted octanol–water partition coefficient (Wildman–Crippen LogP) is 5.08. The van der Waals surface area contributed by atoms with Crippen molar-refractivity contribution in [3.63, 3.8) is 0 Å². The number of piperidine rings is 1. The topological polar surface area (TPSA) is 49.4 Å². The third-order valence-corrected chi connectivity index (χ3v) is 6.09. The number of anilines is 1. The Morgan fingerprint density at radius 2 is 1.83 bits per heavy atom. The normalized spacial score (nSPS) is 14.2. The molecule has 0 aromatic heterocycles. The first-order chi connectivity index (χ1) is 14.2. The standard InChI is InChI=1S/C24H24N2O2S/c27-23(17-29-22-12-11-19-7-1-2-8-20(19)15-22)25-21-9-5-6-18(14-21)16-26-13-4-3-10-24(26)28/h1-2,5-9,11-12,14-15H,3-4,10,13,16-17H2,(H,25,27). The summed E-state index contributed by atoms with van der Waals surface area (Å²) in [5.41, 5.74) is 1.82. The van der Waals surface area contributed by atoms with Gasteiger partial charge in [0.25, 0.3) is 0 Å². The molecule has 0 saturated carbocycles. The van der Waals surface area contributed by atoms with Crippen LogP contribution in [0.3, 0.4) is 0 Å². The number of likely N-dealkylation sites (tertiary alicyclic amines) is 1. The van der Waals surface area contributed by atoms with Gasteiger partial charge in [-0.25, -0.2) is 0 Å². The van der Waals surface area contributed by atoms with E-state index in [1.54, 1.807) is 0 Å². The number of thioether (sulfide) groups is 1. The highest BCUT2D eigenvalue weighted by Gasteiger charge is 2.18. The first-order valence-electron chi connectivity index (χ1n) is 9.95. The minimum Gasteiger partial charge on any atom is -0.338 e. The Hall–Kier alpha value is -2.79. The average Bonchev–Trinajstić information content (AvgIpc) is 2.74. The zero-order valence-corrected chi connectivity index (χ0v) is 17.1. The maximum Gasteiger partial charge on any atom is 0.234 e. The molecule has 1 N–H and O–H groups in total. The van der Waals surface area contributed by atoms with Crippen LogP contribution in [0.4, 0.5) is 5.69 Å². The Bertz CT molecular complexity index is 1030. The molecule has 1 aliphatic heterocycles. The molecule has 0 bridgehead atoms. The molecule has 3 aromatic rings. The van der Waals surface area contributed by atoms with E-state index < -0.39 is 0 Å². The fourth-order valence-electron chi connectivity index (χ4n) is 3.60. The lowest BCUT2D eigenvalue weighted by Gasteiger charge is -2.26. The first-order valence-corrected chi connectivity index (χ1v) is 10.9. The van der Waals surface area contributed by atoms with Gasteiger partial charge < -0.3 is 10.2 Å². The van der Waals surface area contributed by atoms with Crippen molar-refractivity contribution in [2.75, 3.05) is 17.6 Å². The fourth-order valence-corrected chi connectivity index (χ4v) is 4.34. The van der Waals surface area contributed by atoms with Crippen LogP contribution >= 0.6 is 11.8 Å². The van der Waals surface area contributed by atoms with Crippen LogP contribution in [-0.2, 0) is 16.1 Å². The van der Waals surface area contributed by atoms with Crippen molar-refractivity contribution < 1.29 is 9.59 Å². The van der Waals surface area contributed by atoms with Crippen LogP contribution in [-0.4, -0.2) is 29.0 Å². The van der Waals surface area contributed by atoms with E-state index in [9.17, 15) is 9.59 Å². The number of carbonyl (C=O) groups excluding carboxylic acids is 2. The highest BCUT2D eigenvalue weighted by atomic mass is 32.2. The second-order valence-electron chi connectivity index (χ2n) is 7.32. The summed E-state index contributed by atoms with van der Waals surface area (Å²) < 4.78 is 0. The van der Waals surface area contributed by atoms with Crippen LogP contribution in [0.25, 0.3) is 10.8 Å². The van der Waals surface area contributed by atoms with Gasteiger partial charge in [0.15, 0.2) is 0 Å². The second-order valence-corrected chi connectivity index (χ2v) is 8.37. The van der Waals surface area contributed by atoms with Gasteiger partial charge >= 0.3 is 0 Å². The lowest BCUT2D eigenvalue weighted by Crippen LogP contribution is -2.34. The van der Waals surface area contributed by atoms with Gasteiger partial charge in [-0.1, -0.05) is 42.5 Å². The molecule has 0 aliphatic carbocycles. The summed E-state index contributed by atoms with van der Waals surface area (Å²) in [5, 5.41) is 5.35. The van der Waals surface area contributed by atoms with Crippen molar-refractivity contribution in [2.24, 2.45) is 0 Å². The molecule has 4 rings (SSSR count). The number of hydrogen-bond donors (Lipinski definition) is 1. The molecule has 0 atom stereocenters. The van der Waals surface area contributed by atoms with Crippen molar-refractivity contribution >= 4 is 40.0 Å². The Kier molecular flexibility index (Phi) is 6.15. The maximum atomic E-state index is 12.4. The van der Waals surface area contributed by atoms with Gasteiger partial charge in [0.1, 0.15) is 0 Å². The number of benzene rings is 3. The number of amides is 2. The van der Waals surface area contributed by atoms with Crippen molar-refractivity contribution in [1.82, 2.24) is 4.90 Å². The van der Waals surface area contributed by atoms with E-state index in [-0.39, 0.29) is 11.8 Å². The predicted molar refractivity (Wildman–Crippen MR) is 119 cm³/mol. The van der Waals surface area contributed by atoms with Crippen LogP contribution in [0.15, 0.2) is 71.6 Å². The smallest absolute Gasteiger partial charge is 0.234 e. The quantitative estimate of drug-likeness (QED) is 0.583. The third-order valence-electron chi connectivity index (χ3n) is 5.10. The summed E-state index contributed by atoms with van der Waals surface area (Å²) >= 11 is 1.53. The van der Waals surface area contributed by atoms with Crippen LogP contribution < -0.4 is 5.32 Å². The molecule has 0 radical (unpaired) electrons.